The first kappa shape index (κ1) is 37.7. The summed E-state index contributed by atoms with van der Waals surface area (Å²) < 4.78 is 27.5. The van der Waals surface area contributed by atoms with E-state index < -0.39 is 26.1 Å². The maximum atomic E-state index is 13.8. The number of hydroxylamine groups is 2. The summed E-state index contributed by atoms with van der Waals surface area (Å²) in [5, 5.41) is 8.89. The Kier molecular flexibility index (Phi) is 13.5. The van der Waals surface area contributed by atoms with Crippen molar-refractivity contribution in [2.75, 3.05) is 13.3 Å². The third kappa shape index (κ3) is 10.3. The van der Waals surface area contributed by atoms with Crippen LogP contribution in [0, 0.1) is 5.92 Å². The summed E-state index contributed by atoms with van der Waals surface area (Å²) in [7, 11) is -2.91. The lowest BCUT2D eigenvalue weighted by molar-refractivity contribution is -0.200. The number of carbonyl (C=O) groups excluding carboxylic acids is 3. The second kappa shape index (κ2) is 18.6. The van der Waals surface area contributed by atoms with Crippen molar-refractivity contribution in [1.29, 1.82) is 0 Å². The molecule has 5 aromatic rings. The van der Waals surface area contributed by atoms with Crippen molar-refractivity contribution in [1.82, 2.24) is 15.7 Å². The molecule has 1 heterocycles. The van der Waals surface area contributed by atoms with E-state index >= 15 is 0 Å². The van der Waals surface area contributed by atoms with E-state index in [0.29, 0.717) is 43.6 Å². The molecule has 12 nitrogen and oxygen atoms in total. The highest BCUT2D eigenvalue weighted by atomic mass is 31.1. The molecule has 270 valence electrons. The molecule has 0 radical (unpaired) electrons. The molecule has 3 unspecified atom stereocenters. The molecule has 5 rings (SSSR count). The number of nitrogens with zero attached hydrogens (tertiary/aromatic N) is 1. The van der Waals surface area contributed by atoms with Gasteiger partial charge in [-0.05, 0) is 72.4 Å². The van der Waals surface area contributed by atoms with E-state index in [-0.39, 0.29) is 36.5 Å². The summed E-state index contributed by atoms with van der Waals surface area (Å²) in [6.45, 7) is 3.98. The van der Waals surface area contributed by atoms with Crippen LogP contribution in [0.3, 0.4) is 0 Å². The fourth-order valence-corrected chi connectivity index (χ4v) is 6.22. The van der Waals surface area contributed by atoms with Gasteiger partial charge in [-0.2, -0.15) is 0 Å². The van der Waals surface area contributed by atoms with Crippen LogP contribution < -0.4 is 19.9 Å². The fraction of sp³-hybridized carbons (Fsp3) is 0.256. The van der Waals surface area contributed by atoms with Crippen molar-refractivity contribution in [2.45, 2.75) is 45.8 Å². The molecule has 0 aliphatic rings. The molecule has 4 aromatic carbocycles. The van der Waals surface area contributed by atoms with Gasteiger partial charge in [0.1, 0.15) is 18.1 Å². The number of carbonyl (C=O) groups is 3. The third-order valence-electron chi connectivity index (χ3n) is 8.43. The maximum Gasteiger partial charge on any atom is 0.747 e. The van der Waals surface area contributed by atoms with E-state index in [4.69, 9.17) is 18.5 Å². The number of hydrogen-bond acceptors (Lipinski definition) is 8. The molecule has 3 amide bonds. The third-order valence-corrected chi connectivity index (χ3v) is 8.80. The number of furan rings is 1. The standard InChI is InChI=1S/C39H40N3O9P/c1-3-35(42(26-43)49-24-28-10-6-5-7-11-28)34(17-15-27-14-16-29-12-8-9-13-30(29)20-27)38(44)40-25-41-39(45)37-19-18-36(50-37)31-21-32(48-4-2)23-33(22-31)51-52(46)47/h5-14,16,18-23,26,34-35H,3-4,15,17,24-25H2,1-2H3,(H2-,40,41,44,45,46,47)/p+1. The summed E-state index contributed by atoms with van der Waals surface area (Å²) >= 11 is 0. The minimum Gasteiger partial charge on any atom is -0.494 e. The van der Waals surface area contributed by atoms with Gasteiger partial charge in [0.05, 0.1) is 25.2 Å². The Morgan fingerprint density at radius 3 is 2.37 bits per heavy atom. The number of fused-ring (bicyclic) bond motifs is 1. The average Bonchev–Trinajstić information content (AvgIpc) is 3.65. The van der Waals surface area contributed by atoms with E-state index in [9.17, 15) is 23.8 Å². The summed E-state index contributed by atoms with van der Waals surface area (Å²) in [5.74, 6) is -0.869. The van der Waals surface area contributed by atoms with Gasteiger partial charge in [-0.15, -0.1) is 4.89 Å². The van der Waals surface area contributed by atoms with E-state index in [1.807, 2.05) is 73.7 Å². The number of hydrogen-bond donors (Lipinski definition) is 3. The SMILES string of the molecule is CCOc1cc(O[P+](=O)O)cc(-c2ccc(C(=O)NCNC(=O)C(CCc3ccc4ccccc4c3)C(CC)N(C=O)OCc3ccccc3)o2)c1. The summed E-state index contributed by atoms with van der Waals surface area (Å²) in [5.41, 5.74) is 2.38. The Labute approximate surface area is 302 Å². The topological polar surface area (TPSA) is 157 Å². The zero-order chi connectivity index (χ0) is 36.9. The molecule has 0 fully saturated rings. The molecule has 13 heteroatoms. The molecule has 0 aliphatic carbocycles. The molecular weight excluding hydrogens is 685 g/mol. The van der Waals surface area contributed by atoms with Crippen LogP contribution in [0.4, 0.5) is 0 Å². The molecule has 0 bridgehead atoms. The van der Waals surface area contributed by atoms with Gasteiger partial charge in [0, 0.05) is 16.2 Å². The summed E-state index contributed by atoms with van der Waals surface area (Å²) in [6.07, 6.45) is 2.02. The van der Waals surface area contributed by atoms with Crippen molar-refractivity contribution in [2.24, 2.45) is 5.92 Å². The highest BCUT2D eigenvalue weighted by Gasteiger charge is 2.32. The molecular formula is C39H41N3O9P+. The lowest BCUT2D eigenvalue weighted by Crippen LogP contribution is -2.48. The lowest BCUT2D eigenvalue weighted by Gasteiger charge is -2.32. The van der Waals surface area contributed by atoms with Gasteiger partial charge in [-0.25, -0.2) is 9.59 Å². The van der Waals surface area contributed by atoms with Gasteiger partial charge >= 0.3 is 8.25 Å². The Morgan fingerprint density at radius 2 is 1.63 bits per heavy atom. The van der Waals surface area contributed by atoms with E-state index in [0.717, 1.165) is 21.9 Å². The van der Waals surface area contributed by atoms with Crippen molar-refractivity contribution in [3.63, 3.8) is 0 Å². The first-order valence-electron chi connectivity index (χ1n) is 16.9. The van der Waals surface area contributed by atoms with Crippen LogP contribution in [0.5, 0.6) is 11.5 Å². The van der Waals surface area contributed by atoms with Crippen LogP contribution in [-0.2, 0) is 32.0 Å². The van der Waals surface area contributed by atoms with Gasteiger partial charge in [0.25, 0.3) is 5.91 Å². The average molecular weight is 727 g/mol. The number of nitrogens with one attached hydrogen (secondary N) is 2. The molecule has 0 spiro atoms. The Balaban J connectivity index is 1.27. The number of rotatable bonds is 19. The molecule has 0 saturated carbocycles. The smallest absolute Gasteiger partial charge is 0.494 e. The van der Waals surface area contributed by atoms with Crippen molar-refractivity contribution in [3.8, 4) is 22.8 Å². The van der Waals surface area contributed by atoms with Crippen LogP contribution in [0.2, 0.25) is 0 Å². The van der Waals surface area contributed by atoms with Gasteiger partial charge in [-0.3, -0.25) is 19.2 Å². The number of ether oxygens (including phenoxy) is 1. The van der Waals surface area contributed by atoms with Crippen LogP contribution in [0.25, 0.3) is 22.1 Å². The number of amides is 3. The predicted molar refractivity (Wildman–Crippen MR) is 195 cm³/mol. The first-order chi connectivity index (χ1) is 25.3. The van der Waals surface area contributed by atoms with Crippen LogP contribution >= 0.6 is 8.25 Å². The van der Waals surface area contributed by atoms with Crippen molar-refractivity contribution >= 4 is 37.3 Å². The highest BCUT2D eigenvalue weighted by molar-refractivity contribution is 7.32. The molecule has 52 heavy (non-hydrogen) atoms. The Hall–Kier alpha value is -5.55. The second-order valence-corrected chi connectivity index (χ2v) is 12.5. The summed E-state index contributed by atoms with van der Waals surface area (Å²) in [4.78, 5) is 54.3. The van der Waals surface area contributed by atoms with E-state index in [1.54, 1.807) is 19.1 Å². The number of benzene rings is 4. The lowest BCUT2D eigenvalue weighted by atomic mass is 9.89. The van der Waals surface area contributed by atoms with Gasteiger partial charge in [0.2, 0.25) is 12.3 Å². The quantitative estimate of drug-likeness (QED) is 0.0355. The Morgan fingerprint density at radius 1 is 0.885 bits per heavy atom. The molecule has 1 aromatic heterocycles. The minimum atomic E-state index is -2.91. The van der Waals surface area contributed by atoms with E-state index in [2.05, 4.69) is 16.7 Å². The van der Waals surface area contributed by atoms with Crippen LogP contribution in [-0.4, -0.2) is 47.5 Å². The largest absolute Gasteiger partial charge is 0.747 e. The van der Waals surface area contributed by atoms with Gasteiger partial charge in [-0.1, -0.05) is 79.7 Å². The zero-order valence-electron chi connectivity index (χ0n) is 28.9. The molecule has 3 atom stereocenters. The highest BCUT2D eigenvalue weighted by Crippen LogP contribution is 2.34. The maximum absolute atomic E-state index is 13.8. The van der Waals surface area contributed by atoms with Crippen molar-refractivity contribution < 1.29 is 42.4 Å². The second-order valence-electron chi connectivity index (χ2n) is 11.9. The predicted octanol–water partition coefficient (Wildman–Crippen LogP) is 6.95. The number of aryl methyl sites for hydroxylation is 1. The summed E-state index contributed by atoms with van der Waals surface area (Å²) in [6, 6.07) is 30.7. The van der Waals surface area contributed by atoms with Crippen molar-refractivity contribution in [3.05, 3.63) is 120 Å². The normalized spacial score (nSPS) is 12.4. The first-order valence-corrected chi connectivity index (χ1v) is 18.1. The fourth-order valence-electron chi connectivity index (χ4n) is 5.94. The van der Waals surface area contributed by atoms with Gasteiger partial charge < -0.3 is 19.8 Å². The molecule has 0 saturated heterocycles. The monoisotopic (exact) mass is 726 g/mol. The Bertz CT molecular complexity index is 1980. The molecule has 0 aliphatic heterocycles. The van der Waals surface area contributed by atoms with E-state index in [1.165, 1.54) is 23.3 Å². The molecule has 3 N–H and O–H groups in total. The minimum absolute atomic E-state index is 0.0255. The van der Waals surface area contributed by atoms with Gasteiger partial charge in [0.15, 0.2) is 11.5 Å². The van der Waals surface area contributed by atoms with Crippen LogP contribution in [0.15, 0.2) is 108 Å². The zero-order valence-corrected chi connectivity index (χ0v) is 29.8. The van der Waals surface area contributed by atoms with Crippen LogP contribution in [0.1, 0.15) is 48.4 Å².